The minimum absolute atomic E-state index is 0.0330. The summed E-state index contributed by atoms with van der Waals surface area (Å²) in [5.41, 5.74) is 3.58. The van der Waals surface area contributed by atoms with Crippen molar-refractivity contribution in [3.63, 3.8) is 0 Å². The zero-order valence-electron chi connectivity index (χ0n) is 17.3. The molecule has 0 unspecified atom stereocenters. The number of anilines is 2. The minimum atomic E-state index is -0.449. The van der Waals surface area contributed by atoms with E-state index in [-0.39, 0.29) is 12.4 Å². The molecule has 0 saturated carbocycles. The molecule has 2 amide bonds. The Morgan fingerprint density at radius 1 is 0.871 bits per heavy atom. The predicted molar refractivity (Wildman–Crippen MR) is 121 cm³/mol. The quantitative estimate of drug-likeness (QED) is 0.447. The summed E-state index contributed by atoms with van der Waals surface area (Å²) in [6.07, 6.45) is 0. The number of hydrogen-bond donors (Lipinski definition) is 2. The maximum atomic E-state index is 12.9. The number of carbonyl (C=O) groups excluding carboxylic acids is 2. The van der Waals surface area contributed by atoms with E-state index in [0.717, 1.165) is 11.1 Å². The fourth-order valence-electron chi connectivity index (χ4n) is 3.18. The molecule has 0 aliphatic heterocycles. The highest BCUT2D eigenvalue weighted by atomic mass is 16.5. The van der Waals surface area contributed by atoms with E-state index in [9.17, 15) is 9.59 Å². The Morgan fingerprint density at radius 3 is 2.42 bits per heavy atom. The number of ether oxygens (including phenoxy) is 1. The van der Waals surface area contributed by atoms with Gasteiger partial charge in [0.1, 0.15) is 17.0 Å². The van der Waals surface area contributed by atoms with Crippen LogP contribution in [0.1, 0.15) is 21.7 Å². The monoisotopic (exact) mass is 414 g/mol. The van der Waals surface area contributed by atoms with Gasteiger partial charge < -0.3 is 19.8 Å². The smallest absolute Gasteiger partial charge is 0.293 e. The van der Waals surface area contributed by atoms with Gasteiger partial charge in [0.25, 0.3) is 11.8 Å². The van der Waals surface area contributed by atoms with Gasteiger partial charge in [-0.3, -0.25) is 9.59 Å². The molecule has 0 saturated heterocycles. The van der Waals surface area contributed by atoms with E-state index < -0.39 is 11.8 Å². The van der Waals surface area contributed by atoms with E-state index in [1.807, 2.05) is 62.4 Å². The van der Waals surface area contributed by atoms with Gasteiger partial charge in [0, 0.05) is 11.1 Å². The van der Waals surface area contributed by atoms with Crippen molar-refractivity contribution in [3.8, 4) is 5.75 Å². The van der Waals surface area contributed by atoms with Crippen molar-refractivity contribution >= 4 is 34.2 Å². The molecule has 0 bridgehead atoms. The molecule has 31 heavy (non-hydrogen) atoms. The van der Waals surface area contributed by atoms with Crippen LogP contribution in [-0.2, 0) is 4.79 Å². The Labute approximate surface area is 179 Å². The molecule has 1 heterocycles. The summed E-state index contributed by atoms with van der Waals surface area (Å²) in [5, 5.41) is 6.22. The van der Waals surface area contributed by atoms with Crippen molar-refractivity contribution in [2.45, 2.75) is 13.8 Å². The molecule has 6 heteroatoms. The largest absolute Gasteiger partial charge is 0.484 e. The number of hydrogen-bond acceptors (Lipinski definition) is 4. The first-order valence-corrected chi connectivity index (χ1v) is 9.88. The second-order valence-corrected chi connectivity index (χ2v) is 7.28. The molecule has 0 radical (unpaired) electrons. The summed E-state index contributed by atoms with van der Waals surface area (Å²) in [4.78, 5) is 25.5. The first-order valence-electron chi connectivity index (χ1n) is 9.88. The number of benzene rings is 3. The number of nitrogens with one attached hydrogen (secondary N) is 2. The summed E-state index contributed by atoms with van der Waals surface area (Å²) >= 11 is 0. The van der Waals surface area contributed by atoms with Crippen molar-refractivity contribution in [2.75, 3.05) is 17.2 Å². The Bertz CT molecular complexity index is 1240. The second-order valence-electron chi connectivity index (χ2n) is 7.28. The molecule has 0 aliphatic carbocycles. The summed E-state index contributed by atoms with van der Waals surface area (Å²) in [6.45, 7) is 3.72. The van der Waals surface area contributed by atoms with Crippen LogP contribution in [0.2, 0.25) is 0 Å². The summed E-state index contributed by atoms with van der Waals surface area (Å²) in [6, 6.07) is 22.0. The molecule has 4 rings (SSSR count). The van der Waals surface area contributed by atoms with Gasteiger partial charge in [-0.2, -0.15) is 0 Å². The third kappa shape index (κ3) is 4.75. The molecule has 0 aliphatic rings. The Kier molecular flexibility index (Phi) is 5.71. The summed E-state index contributed by atoms with van der Waals surface area (Å²) < 4.78 is 11.3. The number of fused-ring (bicyclic) bond motifs is 1. The van der Waals surface area contributed by atoms with E-state index in [1.54, 1.807) is 24.3 Å². The van der Waals surface area contributed by atoms with Crippen LogP contribution in [0, 0.1) is 13.8 Å². The Hall–Kier alpha value is -4.06. The van der Waals surface area contributed by atoms with Crippen molar-refractivity contribution in [3.05, 3.63) is 89.7 Å². The van der Waals surface area contributed by atoms with Crippen LogP contribution in [0.15, 0.2) is 77.2 Å². The fourth-order valence-corrected chi connectivity index (χ4v) is 3.18. The van der Waals surface area contributed by atoms with E-state index in [2.05, 4.69) is 10.6 Å². The fraction of sp³-hybridized carbons (Fsp3) is 0.120. The van der Waals surface area contributed by atoms with Crippen molar-refractivity contribution in [2.24, 2.45) is 0 Å². The first kappa shape index (κ1) is 20.2. The Balaban J connectivity index is 1.55. The lowest BCUT2D eigenvalue weighted by atomic mass is 10.2. The average molecular weight is 414 g/mol. The van der Waals surface area contributed by atoms with Gasteiger partial charge in [0.2, 0.25) is 5.76 Å². The van der Waals surface area contributed by atoms with Crippen LogP contribution in [0.25, 0.3) is 11.0 Å². The van der Waals surface area contributed by atoms with E-state index >= 15 is 0 Å². The van der Waals surface area contributed by atoms with Crippen molar-refractivity contribution in [1.82, 2.24) is 0 Å². The topological polar surface area (TPSA) is 80.6 Å². The molecular formula is C25H22N2O4. The molecule has 0 atom stereocenters. The maximum absolute atomic E-state index is 12.9. The molecule has 2 N–H and O–H groups in total. The summed E-state index contributed by atoms with van der Waals surface area (Å²) in [5.74, 6) is -0.206. The van der Waals surface area contributed by atoms with Crippen molar-refractivity contribution < 1.29 is 18.7 Å². The number of furan rings is 1. The molecule has 3 aromatic carbocycles. The first-order chi connectivity index (χ1) is 15.0. The highest BCUT2D eigenvalue weighted by molar-refractivity contribution is 6.14. The van der Waals surface area contributed by atoms with Gasteiger partial charge in [-0.15, -0.1) is 0 Å². The van der Waals surface area contributed by atoms with Crippen LogP contribution >= 0.6 is 0 Å². The van der Waals surface area contributed by atoms with Crippen LogP contribution in [-0.4, -0.2) is 18.4 Å². The van der Waals surface area contributed by atoms with Crippen LogP contribution in [0.3, 0.4) is 0 Å². The van der Waals surface area contributed by atoms with Gasteiger partial charge in [-0.25, -0.2) is 0 Å². The third-order valence-corrected chi connectivity index (χ3v) is 4.74. The second kappa shape index (κ2) is 8.75. The van der Waals surface area contributed by atoms with Crippen LogP contribution in [0.4, 0.5) is 11.4 Å². The Morgan fingerprint density at radius 2 is 1.65 bits per heavy atom. The SMILES string of the molecule is Cc1ccc(NC(=O)c2oc3ccccc3c2NC(=O)COc2cccc(C)c2)cc1. The third-order valence-electron chi connectivity index (χ3n) is 4.74. The maximum Gasteiger partial charge on any atom is 0.293 e. The average Bonchev–Trinajstić information content (AvgIpc) is 3.12. The van der Waals surface area contributed by atoms with E-state index in [4.69, 9.17) is 9.15 Å². The van der Waals surface area contributed by atoms with Gasteiger partial charge in [-0.1, -0.05) is 42.0 Å². The molecule has 1 aromatic heterocycles. The zero-order chi connectivity index (χ0) is 21.8. The lowest BCUT2D eigenvalue weighted by Crippen LogP contribution is -2.22. The standard InChI is InChI=1S/C25H22N2O4/c1-16-10-12-18(13-11-16)26-25(29)24-23(20-8-3-4-9-21(20)31-24)27-22(28)15-30-19-7-5-6-17(2)14-19/h3-14H,15H2,1-2H3,(H,26,29)(H,27,28). The highest BCUT2D eigenvalue weighted by Crippen LogP contribution is 2.31. The molecule has 0 spiro atoms. The number of rotatable bonds is 6. The number of para-hydroxylation sites is 1. The van der Waals surface area contributed by atoms with Gasteiger partial charge in [0.15, 0.2) is 6.61 Å². The van der Waals surface area contributed by atoms with Crippen molar-refractivity contribution in [1.29, 1.82) is 0 Å². The lowest BCUT2D eigenvalue weighted by molar-refractivity contribution is -0.118. The lowest BCUT2D eigenvalue weighted by Gasteiger charge is -2.09. The molecule has 4 aromatic rings. The van der Waals surface area contributed by atoms with E-state index in [0.29, 0.717) is 28.1 Å². The molecule has 6 nitrogen and oxygen atoms in total. The van der Waals surface area contributed by atoms with Crippen LogP contribution in [0.5, 0.6) is 5.75 Å². The highest BCUT2D eigenvalue weighted by Gasteiger charge is 2.22. The minimum Gasteiger partial charge on any atom is -0.484 e. The number of carbonyl (C=O) groups is 2. The molecule has 156 valence electrons. The molecule has 0 fully saturated rings. The number of aryl methyl sites for hydroxylation is 2. The molecular weight excluding hydrogens is 392 g/mol. The predicted octanol–water partition coefficient (Wildman–Crippen LogP) is 5.32. The normalized spacial score (nSPS) is 10.6. The van der Waals surface area contributed by atoms with Crippen LogP contribution < -0.4 is 15.4 Å². The number of amides is 2. The van der Waals surface area contributed by atoms with Gasteiger partial charge >= 0.3 is 0 Å². The van der Waals surface area contributed by atoms with Gasteiger partial charge in [0.05, 0.1) is 0 Å². The van der Waals surface area contributed by atoms with Gasteiger partial charge in [-0.05, 0) is 55.8 Å². The van der Waals surface area contributed by atoms with E-state index in [1.165, 1.54) is 0 Å². The zero-order valence-corrected chi connectivity index (χ0v) is 17.3. The summed E-state index contributed by atoms with van der Waals surface area (Å²) in [7, 11) is 0.